The standard InChI is InChI=1S/C9H15N3O3S/c1-7(4-6-13)12-16(14,15)8-3-2-5-11-9(8)10/h2-3,5,7,12-13H,4,6H2,1H3,(H2,10,11). The maximum atomic E-state index is 11.8. The van der Waals surface area contributed by atoms with Gasteiger partial charge in [-0.05, 0) is 25.5 Å². The van der Waals surface area contributed by atoms with Gasteiger partial charge in [0, 0.05) is 18.8 Å². The van der Waals surface area contributed by atoms with Crippen LogP contribution in [0.2, 0.25) is 0 Å². The van der Waals surface area contributed by atoms with E-state index in [-0.39, 0.29) is 23.4 Å². The van der Waals surface area contributed by atoms with Gasteiger partial charge in [0.1, 0.15) is 10.7 Å². The lowest BCUT2D eigenvalue weighted by molar-refractivity contribution is 0.275. The first-order chi connectivity index (χ1) is 7.47. The molecule has 1 unspecified atom stereocenters. The maximum absolute atomic E-state index is 11.8. The second-order valence-electron chi connectivity index (χ2n) is 3.42. The van der Waals surface area contributed by atoms with Gasteiger partial charge in [0.2, 0.25) is 10.0 Å². The third kappa shape index (κ3) is 3.16. The first-order valence-electron chi connectivity index (χ1n) is 4.81. The smallest absolute Gasteiger partial charge is 0.244 e. The summed E-state index contributed by atoms with van der Waals surface area (Å²) in [6, 6.07) is 2.53. The van der Waals surface area contributed by atoms with E-state index < -0.39 is 10.0 Å². The fourth-order valence-electron chi connectivity index (χ4n) is 1.21. The van der Waals surface area contributed by atoms with Crippen LogP contribution in [0.1, 0.15) is 13.3 Å². The van der Waals surface area contributed by atoms with E-state index in [0.717, 1.165) is 0 Å². The molecule has 4 N–H and O–H groups in total. The monoisotopic (exact) mass is 245 g/mol. The quantitative estimate of drug-likeness (QED) is 0.661. The molecule has 1 atom stereocenters. The fraction of sp³-hybridized carbons (Fsp3) is 0.444. The van der Waals surface area contributed by atoms with Gasteiger partial charge in [0.15, 0.2) is 0 Å². The van der Waals surface area contributed by atoms with E-state index in [1.54, 1.807) is 6.92 Å². The van der Waals surface area contributed by atoms with Gasteiger partial charge in [-0.2, -0.15) is 0 Å². The highest BCUT2D eigenvalue weighted by Gasteiger charge is 2.19. The van der Waals surface area contributed by atoms with Crippen LogP contribution in [0.15, 0.2) is 23.2 Å². The van der Waals surface area contributed by atoms with Crippen molar-refractivity contribution in [2.24, 2.45) is 0 Å². The molecule has 0 spiro atoms. The zero-order valence-corrected chi connectivity index (χ0v) is 9.74. The molecule has 0 aliphatic rings. The molecule has 6 nitrogen and oxygen atoms in total. The van der Waals surface area contributed by atoms with Crippen molar-refractivity contribution in [2.45, 2.75) is 24.3 Å². The molecule has 0 radical (unpaired) electrons. The summed E-state index contributed by atoms with van der Waals surface area (Å²) in [6.45, 7) is 1.59. The van der Waals surface area contributed by atoms with E-state index in [9.17, 15) is 8.42 Å². The summed E-state index contributed by atoms with van der Waals surface area (Å²) in [5.41, 5.74) is 5.48. The van der Waals surface area contributed by atoms with E-state index in [2.05, 4.69) is 9.71 Å². The number of nitrogens with one attached hydrogen (secondary N) is 1. The number of nitrogens with zero attached hydrogens (tertiary/aromatic N) is 1. The summed E-state index contributed by atoms with van der Waals surface area (Å²) < 4.78 is 26.1. The van der Waals surface area contributed by atoms with Crippen molar-refractivity contribution in [3.05, 3.63) is 18.3 Å². The van der Waals surface area contributed by atoms with Crippen LogP contribution in [-0.2, 0) is 10.0 Å². The SMILES string of the molecule is CC(CCO)NS(=O)(=O)c1cccnc1N. The summed E-state index contributed by atoms with van der Waals surface area (Å²) in [5, 5.41) is 8.69. The molecule has 0 saturated carbocycles. The molecule has 16 heavy (non-hydrogen) atoms. The fourth-order valence-corrected chi connectivity index (χ4v) is 2.57. The van der Waals surface area contributed by atoms with Crippen molar-refractivity contribution >= 4 is 15.8 Å². The molecule has 1 aromatic rings. The highest BCUT2D eigenvalue weighted by molar-refractivity contribution is 7.89. The van der Waals surface area contributed by atoms with Crippen molar-refractivity contribution in [3.8, 4) is 0 Å². The van der Waals surface area contributed by atoms with Gasteiger partial charge < -0.3 is 10.8 Å². The van der Waals surface area contributed by atoms with E-state index >= 15 is 0 Å². The molecule has 0 aliphatic heterocycles. The number of hydrogen-bond donors (Lipinski definition) is 3. The Morgan fingerprint density at radius 2 is 2.31 bits per heavy atom. The van der Waals surface area contributed by atoms with Crippen LogP contribution in [0, 0.1) is 0 Å². The highest BCUT2D eigenvalue weighted by Crippen LogP contribution is 2.14. The molecule has 0 bridgehead atoms. The molecule has 0 amide bonds. The van der Waals surface area contributed by atoms with Gasteiger partial charge >= 0.3 is 0 Å². The Hall–Kier alpha value is -1.18. The Kier molecular flexibility index (Phi) is 4.22. The number of nitrogen functional groups attached to an aromatic ring is 1. The number of nitrogens with two attached hydrogens (primary N) is 1. The van der Waals surface area contributed by atoms with Gasteiger partial charge in [-0.15, -0.1) is 0 Å². The van der Waals surface area contributed by atoms with Crippen molar-refractivity contribution in [1.82, 2.24) is 9.71 Å². The largest absolute Gasteiger partial charge is 0.396 e. The average molecular weight is 245 g/mol. The molecule has 0 aromatic carbocycles. The second-order valence-corrected chi connectivity index (χ2v) is 5.10. The third-order valence-corrected chi connectivity index (χ3v) is 3.64. The zero-order chi connectivity index (χ0) is 12.2. The Morgan fingerprint density at radius 3 is 2.88 bits per heavy atom. The number of anilines is 1. The molecule has 1 heterocycles. The molecule has 0 aliphatic carbocycles. The molecule has 1 aromatic heterocycles. The summed E-state index contributed by atoms with van der Waals surface area (Å²) in [6.07, 6.45) is 1.77. The normalized spacial score (nSPS) is 13.6. The Bertz CT molecular complexity index is 447. The van der Waals surface area contributed by atoms with Crippen LogP contribution in [-0.4, -0.2) is 31.2 Å². The van der Waals surface area contributed by atoms with Crippen LogP contribution in [0.4, 0.5) is 5.82 Å². The van der Waals surface area contributed by atoms with Gasteiger partial charge in [-0.25, -0.2) is 18.1 Å². The molecular formula is C9H15N3O3S. The summed E-state index contributed by atoms with van der Waals surface area (Å²) in [7, 11) is -3.66. The predicted molar refractivity (Wildman–Crippen MR) is 60.1 cm³/mol. The number of hydrogen-bond acceptors (Lipinski definition) is 5. The van der Waals surface area contributed by atoms with E-state index in [1.807, 2.05) is 0 Å². The Balaban J connectivity index is 2.91. The van der Waals surface area contributed by atoms with Gasteiger partial charge in [-0.3, -0.25) is 0 Å². The minimum Gasteiger partial charge on any atom is -0.396 e. The van der Waals surface area contributed by atoms with Crippen LogP contribution in [0.5, 0.6) is 0 Å². The van der Waals surface area contributed by atoms with Crippen LogP contribution in [0.25, 0.3) is 0 Å². The Morgan fingerprint density at radius 1 is 1.62 bits per heavy atom. The maximum Gasteiger partial charge on any atom is 0.244 e. The lowest BCUT2D eigenvalue weighted by atomic mass is 10.3. The first kappa shape index (κ1) is 12.9. The van der Waals surface area contributed by atoms with Gasteiger partial charge in [0.25, 0.3) is 0 Å². The first-order valence-corrected chi connectivity index (χ1v) is 6.29. The van der Waals surface area contributed by atoms with Crippen molar-refractivity contribution < 1.29 is 13.5 Å². The third-order valence-electron chi connectivity index (χ3n) is 2.01. The number of sulfonamides is 1. The second kappa shape index (κ2) is 5.24. The molecule has 0 fully saturated rings. The van der Waals surface area contributed by atoms with Crippen molar-refractivity contribution in [3.63, 3.8) is 0 Å². The number of rotatable bonds is 5. The summed E-state index contributed by atoms with van der Waals surface area (Å²) >= 11 is 0. The van der Waals surface area contributed by atoms with Crippen LogP contribution < -0.4 is 10.5 Å². The molecule has 1 rings (SSSR count). The van der Waals surface area contributed by atoms with Crippen LogP contribution in [0.3, 0.4) is 0 Å². The number of aliphatic hydroxyl groups excluding tert-OH is 1. The van der Waals surface area contributed by atoms with E-state index in [1.165, 1.54) is 18.3 Å². The average Bonchev–Trinajstić information content (AvgIpc) is 2.17. The molecule has 7 heteroatoms. The number of aliphatic hydroxyl groups is 1. The van der Waals surface area contributed by atoms with Gasteiger partial charge in [0.05, 0.1) is 0 Å². The molecule has 0 saturated heterocycles. The lowest BCUT2D eigenvalue weighted by Gasteiger charge is -2.13. The minimum absolute atomic E-state index is 0.0359. The molecule has 90 valence electrons. The minimum atomic E-state index is -3.66. The Labute approximate surface area is 94.6 Å². The number of aromatic nitrogens is 1. The van der Waals surface area contributed by atoms with Crippen molar-refractivity contribution in [1.29, 1.82) is 0 Å². The molecular weight excluding hydrogens is 230 g/mol. The highest BCUT2D eigenvalue weighted by atomic mass is 32.2. The predicted octanol–water partition coefficient (Wildman–Crippen LogP) is -0.287. The number of pyridine rings is 1. The zero-order valence-electron chi connectivity index (χ0n) is 8.92. The van der Waals surface area contributed by atoms with E-state index in [4.69, 9.17) is 10.8 Å². The van der Waals surface area contributed by atoms with Crippen molar-refractivity contribution in [2.75, 3.05) is 12.3 Å². The summed E-state index contributed by atoms with van der Waals surface area (Å²) in [5.74, 6) is -0.0359. The van der Waals surface area contributed by atoms with E-state index in [0.29, 0.717) is 6.42 Å². The van der Waals surface area contributed by atoms with Gasteiger partial charge in [-0.1, -0.05) is 0 Å². The lowest BCUT2D eigenvalue weighted by Crippen LogP contribution is -2.33. The summed E-state index contributed by atoms with van der Waals surface area (Å²) in [4.78, 5) is 3.67. The van der Waals surface area contributed by atoms with Crippen LogP contribution >= 0.6 is 0 Å². The topological polar surface area (TPSA) is 105 Å².